The maximum absolute atomic E-state index is 14.4. The topological polar surface area (TPSA) is 84.9 Å². The van der Waals surface area contributed by atoms with Crippen molar-refractivity contribution >= 4 is 21.6 Å². The summed E-state index contributed by atoms with van der Waals surface area (Å²) in [5, 5.41) is 2.83. The number of fused-ring (bicyclic) bond motifs is 1. The fourth-order valence-corrected chi connectivity index (χ4v) is 4.60. The molecular weight excluding hydrogens is 411 g/mol. The van der Waals surface area contributed by atoms with Gasteiger partial charge in [-0.2, -0.15) is 0 Å². The van der Waals surface area contributed by atoms with Crippen molar-refractivity contribution in [2.75, 3.05) is 23.8 Å². The minimum atomic E-state index is -3.91. The molecule has 3 rings (SSSR count). The summed E-state index contributed by atoms with van der Waals surface area (Å²) in [7, 11) is -3.91. The molecule has 162 valence electrons. The Hall–Kier alpha value is -2.81. The van der Waals surface area contributed by atoms with Gasteiger partial charge in [-0.05, 0) is 43.2 Å². The second-order valence-corrected chi connectivity index (χ2v) is 8.93. The third-order valence-electron chi connectivity index (χ3n) is 4.84. The van der Waals surface area contributed by atoms with Crippen molar-refractivity contribution in [3.8, 4) is 11.5 Å². The number of sulfonamides is 1. The molecule has 1 aliphatic rings. The number of anilines is 1. The fourth-order valence-electron chi connectivity index (χ4n) is 3.39. The quantitative estimate of drug-likeness (QED) is 0.721. The molecule has 0 aliphatic carbocycles. The highest BCUT2D eigenvalue weighted by molar-refractivity contribution is 7.92. The van der Waals surface area contributed by atoms with E-state index in [1.807, 2.05) is 6.07 Å². The highest BCUT2D eigenvalue weighted by Crippen LogP contribution is 2.33. The van der Waals surface area contributed by atoms with Crippen molar-refractivity contribution in [2.24, 2.45) is 0 Å². The van der Waals surface area contributed by atoms with E-state index in [9.17, 15) is 17.6 Å². The predicted molar refractivity (Wildman–Crippen MR) is 112 cm³/mol. The van der Waals surface area contributed by atoms with Crippen molar-refractivity contribution in [1.82, 2.24) is 5.32 Å². The van der Waals surface area contributed by atoms with Gasteiger partial charge in [0.2, 0.25) is 15.9 Å². The summed E-state index contributed by atoms with van der Waals surface area (Å²) in [4.78, 5) is 13.0. The summed E-state index contributed by atoms with van der Waals surface area (Å²) in [6.07, 6.45) is 1.13. The number of amides is 1. The molecule has 30 heavy (non-hydrogen) atoms. The molecule has 7 nitrogen and oxygen atoms in total. The van der Waals surface area contributed by atoms with Crippen LogP contribution in [0.3, 0.4) is 0 Å². The largest absolute Gasteiger partial charge is 0.486 e. The summed E-state index contributed by atoms with van der Waals surface area (Å²) in [6.45, 7) is 4.39. The van der Waals surface area contributed by atoms with Gasteiger partial charge in [0, 0.05) is 0 Å². The first-order valence-corrected chi connectivity index (χ1v) is 11.5. The average molecular weight is 437 g/mol. The van der Waals surface area contributed by atoms with Gasteiger partial charge in [0.25, 0.3) is 0 Å². The fraction of sp³-hybridized carbons (Fsp3) is 0.381. The van der Waals surface area contributed by atoms with Crippen LogP contribution in [-0.2, 0) is 14.8 Å². The molecule has 1 amide bonds. The monoisotopic (exact) mass is 436 g/mol. The van der Waals surface area contributed by atoms with Crippen molar-refractivity contribution in [3.63, 3.8) is 0 Å². The Labute approximate surface area is 175 Å². The number of rotatable bonds is 7. The second-order valence-electron chi connectivity index (χ2n) is 7.07. The number of para-hydroxylation sites is 1. The SMILES string of the molecule is CC[C@H](C(=O)N[C@@H](C)c1ccc2c(c1)OCCO2)N(c1ccccc1F)S(C)(=O)=O. The molecule has 0 spiro atoms. The number of hydrogen-bond donors (Lipinski definition) is 1. The van der Waals surface area contributed by atoms with Crippen LogP contribution in [0.5, 0.6) is 11.5 Å². The van der Waals surface area contributed by atoms with E-state index < -0.39 is 33.8 Å². The zero-order valence-electron chi connectivity index (χ0n) is 17.1. The lowest BCUT2D eigenvalue weighted by Crippen LogP contribution is -2.50. The van der Waals surface area contributed by atoms with Gasteiger partial charge in [0.15, 0.2) is 11.5 Å². The maximum Gasteiger partial charge on any atom is 0.244 e. The standard InChI is InChI=1S/C21H25FN2O5S/c1-4-17(24(30(3,26)27)18-8-6-5-7-16(18)22)21(25)23-14(2)15-9-10-19-20(13-15)29-12-11-28-19/h5-10,13-14,17H,4,11-12H2,1-3H3,(H,23,25)/t14-,17+/m0/s1. The Morgan fingerprint density at radius 2 is 1.83 bits per heavy atom. The van der Waals surface area contributed by atoms with Crippen LogP contribution in [0, 0.1) is 5.82 Å². The molecule has 0 aromatic heterocycles. The van der Waals surface area contributed by atoms with E-state index in [2.05, 4.69) is 5.32 Å². The van der Waals surface area contributed by atoms with Gasteiger partial charge in [-0.15, -0.1) is 0 Å². The van der Waals surface area contributed by atoms with Crippen LogP contribution in [0.25, 0.3) is 0 Å². The van der Waals surface area contributed by atoms with E-state index in [-0.39, 0.29) is 12.1 Å². The first-order chi connectivity index (χ1) is 14.2. The first kappa shape index (κ1) is 21.9. The van der Waals surface area contributed by atoms with E-state index >= 15 is 0 Å². The van der Waals surface area contributed by atoms with Gasteiger partial charge in [-0.3, -0.25) is 9.10 Å². The van der Waals surface area contributed by atoms with Crippen LogP contribution in [0.15, 0.2) is 42.5 Å². The van der Waals surface area contributed by atoms with Gasteiger partial charge in [-0.1, -0.05) is 25.1 Å². The lowest BCUT2D eigenvalue weighted by molar-refractivity contribution is -0.122. The summed E-state index contributed by atoms with van der Waals surface area (Å²) in [5.41, 5.74) is 0.619. The molecule has 0 saturated carbocycles. The Morgan fingerprint density at radius 1 is 1.17 bits per heavy atom. The predicted octanol–water partition coefficient (Wildman–Crippen LogP) is 3.02. The summed E-state index contributed by atoms with van der Waals surface area (Å²) in [6, 6.07) is 9.33. The molecule has 2 atom stereocenters. The number of carbonyl (C=O) groups excluding carboxylic acids is 1. The molecule has 9 heteroatoms. The smallest absolute Gasteiger partial charge is 0.244 e. The van der Waals surface area contributed by atoms with Gasteiger partial charge in [-0.25, -0.2) is 12.8 Å². The van der Waals surface area contributed by atoms with Gasteiger partial charge in [0.05, 0.1) is 18.0 Å². The van der Waals surface area contributed by atoms with Crippen LogP contribution in [0.1, 0.15) is 31.9 Å². The molecule has 0 unspecified atom stereocenters. The van der Waals surface area contributed by atoms with E-state index in [1.165, 1.54) is 18.2 Å². The molecule has 1 N–H and O–H groups in total. The summed E-state index contributed by atoms with van der Waals surface area (Å²) >= 11 is 0. The van der Waals surface area contributed by atoms with Gasteiger partial charge < -0.3 is 14.8 Å². The molecule has 0 bridgehead atoms. The minimum absolute atomic E-state index is 0.158. The Morgan fingerprint density at radius 3 is 2.47 bits per heavy atom. The van der Waals surface area contributed by atoms with Crippen molar-refractivity contribution < 1.29 is 27.1 Å². The van der Waals surface area contributed by atoms with Crippen LogP contribution < -0.4 is 19.1 Å². The first-order valence-electron chi connectivity index (χ1n) is 9.66. The van der Waals surface area contributed by atoms with Crippen molar-refractivity contribution in [1.29, 1.82) is 0 Å². The number of benzene rings is 2. The number of carbonyl (C=O) groups is 1. The zero-order valence-corrected chi connectivity index (χ0v) is 17.9. The molecular formula is C21H25FN2O5S. The molecule has 2 aromatic rings. The third kappa shape index (κ3) is 4.67. The molecule has 1 heterocycles. The highest BCUT2D eigenvalue weighted by atomic mass is 32.2. The Kier molecular flexibility index (Phi) is 6.50. The molecule has 1 aliphatic heterocycles. The maximum atomic E-state index is 14.4. The lowest BCUT2D eigenvalue weighted by atomic mass is 10.1. The summed E-state index contributed by atoms with van der Waals surface area (Å²) in [5.74, 6) is -0.00333. The zero-order chi connectivity index (χ0) is 21.9. The normalized spacial score (nSPS) is 15.2. The molecule has 0 saturated heterocycles. The Balaban J connectivity index is 1.85. The van der Waals surface area contributed by atoms with Crippen molar-refractivity contribution in [2.45, 2.75) is 32.4 Å². The number of nitrogens with one attached hydrogen (secondary N) is 1. The van der Waals surface area contributed by atoms with E-state index in [1.54, 1.807) is 26.0 Å². The number of ether oxygens (including phenoxy) is 2. The van der Waals surface area contributed by atoms with E-state index in [0.717, 1.165) is 22.2 Å². The molecule has 2 aromatic carbocycles. The summed E-state index contributed by atoms with van der Waals surface area (Å²) < 4.78 is 51.2. The molecule has 0 fully saturated rings. The number of hydrogen-bond acceptors (Lipinski definition) is 5. The number of halogens is 1. The Bertz CT molecular complexity index is 1030. The van der Waals surface area contributed by atoms with Crippen LogP contribution in [0.4, 0.5) is 10.1 Å². The lowest BCUT2D eigenvalue weighted by Gasteiger charge is -2.31. The average Bonchev–Trinajstić information content (AvgIpc) is 2.71. The van der Waals surface area contributed by atoms with Crippen LogP contribution >= 0.6 is 0 Å². The van der Waals surface area contributed by atoms with Crippen LogP contribution in [0.2, 0.25) is 0 Å². The third-order valence-corrected chi connectivity index (χ3v) is 6.01. The highest BCUT2D eigenvalue weighted by Gasteiger charge is 2.33. The second kappa shape index (κ2) is 8.91. The minimum Gasteiger partial charge on any atom is -0.486 e. The van der Waals surface area contributed by atoms with Gasteiger partial charge >= 0.3 is 0 Å². The van der Waals surface area contributed by atoms with Crippen LogP contribution in [-0.4, -0.2) is 39.8 Å². The van der Waals surface area contributed by atoms with E-state index in [0.29, 0.717) is 24.7 Å². The number of nitrogens with zero attached hydrogens (tertiary/aromatic N) is 1. The molecule has 0 radical (unpaired) electrons. The van der Waals surface area contributed by atoms with Gasteiger partial charge in [0.1, 0.15) is 25.1 Å². The van der Waals surface area contributed by atoms with Crippen molar-refractivity contribution in [3.05, 3.63) is 53.8 Å². The van der Waals surface area contributed by atoms with E-state index in [4.69, 9.17) is 9.47 Å².